The molecule has 5 nitrogen and oxygen atoms in total. The summed E-state index contributed by atoms with van der Waals surface area (Å²) in [5.41, 5.74) is 8.58. The quantitative estimate of drug-likeness (QED) is 0.686. The number of thiophene rings is 1. The molecule has 1 aliphatic heterocycles. The number of hydrogen-bond acceptors (Lipinski definition) is 5. The van der Waals surface area contributed by atoms with E-state index in [9.17, 15) is 9.59 Å². The van der Waals surface area contributed by atoms with Crippen molar-refractivity contribution in [2.24, 2.45) is 0 Å². The molecule has 1 aliphatic rings. The SMILES string of the molecule is Cc1ccc(N)c(C(=O)O[C@H](C)C(=O)N2CCc3sccc3C2)c1. The number of benzene rings is 1. The van der Waals surface area contributed by atoms with Crippen LogP contribution in [0.1, 0.15) is 33.3 Å². The van der Waals surface area contributed by atoms with E-state index in [1.165, 1.54) is 10.4 Å². The van der Waals surface area contributed by atoms with Crippen LogP contribution < -0.4 is 5.73 Å². The van der Waals surface area contributed by atoms with Gasteiger partial charge in [-0.1, -0.05) is 11.6 Å². The number of nitrogens with zero attached hydrogens (tertiary/aromatic N) is 1. The van der Waals surface area contributed by atoms with E-state index < -0.39 is 12.1 Å². The first-order valence-corrected chi connectivity index (χ1v) is 8.75. The summed E-state index contributed by atoms with van der Waals surface area (Å²) < 4.78 is 5.35. The van der Waals surface area contributed by atoms with Crippen molar-refractivity contribution in [3.05, 3.63) is 51.2 Å². The number of ether oxygens (including phenoxy) is 1. The molecule has 0 saturated carbocycles. The zero-order valence-corrected chi connectivity index (χ0v) is 14.6. The molecule has 2 N–H and O–H groups in total. The number of rotatable bonds is 3. The van der Waals surface area contributed by atoms with Gasteiger partial charge in [-0.15, -0.1) is 11.3 Å². The molecule has 1 aromatic carbocycles. The first kappa shape index (κ1) is 16.5. The summed E-state index contributed by atoms with van der Waals surface area (Å²) in [4.78, 5) is 27.9. The summed E-state index contributed by atoms with van der Waals surface area (Å²) in [7, 11) is 0. The second-order valence-electron chi connectivity index (χ2n) is 6.02. The molecule has 2 heterocycles. The third-order valence-corrected chi connectivity index (χ3v) is 5.20. The summed E-state index contributed by atoms with van der Waals surface area (Å²) >= 11 is 1.72. The fourth-order valence-electron chi connectivity index (χ4n) is 2.82. The Bertz CT molecular complexity index is 784. The molecule has 0 radical (unpaired) electrons. The third-order valence-electron chi connectivity index (χ3n) is 4.18. The molecule has 1 aromatic heterocycles. The lowest BCUT2D eigenvalue weighted by molar-refractivity contribution is -0.140. The summed E-state index contributed by atoms with van der Waals surface area (Å²) in [6.07, 6.45) is 0.0159. The molecule has 24 heavy (non-hydrogen) atoms. The average molecular weight is 344 g/mol. The Kier molecular flexibility index (Phi) is 4.57. The summed E-state index contributed by atoms with van der Waals surface area (Å²) in [6.45, 7) is 4.71. The van der Waals surface area contributed by atoms with Gasteiger partial charge in [0.15, 0.2) is 6.10 Å². The molecule has 0 aliphatic carbocycles. The lowest BCUT2D eigenvalue weighted by Crippen LogP contribution is -2.42. The van der Waals surface area contributed by atoms with Gasteiger partial charge in [-0.3, -0.25) is 4.79 Å². The maximum absolute atomic E-state index is 12.6. The first-order valence-electron chi connectivity index (χ1n) is 7.87. The maximum Gasteiger partial charge on any atom is 0.341 e. The predicted octanol–water partition coefficient (Wildman–Crippen LogP) is 2.77. The predicted molar refractivity (Wildman–Crippen MR) is 93.9 cm³/mol. The Labute approximate surface area is 145 Å². The van der Waals surface area contributed by atoms with E-state index in [1.54, 1.807) is 35.3 Å². The van der Waals surface area contributed by atoms with Crippen LogP contribution >= 0.6 is 11.3 Å². The molecule has 3 rings (SSSR count). The van der Waals surface area contributed by atoms with Crippen LogP contribution in [0.3, 0.4) is 0 Å². The van der Waals surface area contributed by atoms with Crippen LogP contribution in [-0.4, -0.2) is 29.4 Å². The number of amides is 1. The number of fused-ring (bicyclic) bond motifs is 1. The van der Waals surface area contributed by atoms with E-state index in [2.05, 4.69) is 0 Å². The van der Waals surface area contributed by atoms with E-state index in [4.69, 9.17) is 10.5 Å². The van der Waals surface area contributed by atoms with Gasteiger partial charge in [0, 0.05) is 23.7 Å². The number of aryl methyl sites for hydroxylation is 1. The number of nitrogen functional groups attached to an aromatic ring is 1. The van der Waals surface area contributed by atoms with Crippen LogP contribution in [0, 0.1) is 6.92 Å². The number of esters is 1. The molecule has 0 unspecified atom stereocenters. The number of carbonyl (C=O) groups excluding carboxylic acids is 2. The summed E-state index contributed by atoms with van der Waals surface area (Å²) in [5, 5.41) is 2.04. The van der Waals surface area contributed by atoms with E-state index in [1.807, 2.05) is 24.4 Å². The lowest BCUT2D eigenvalue weighted by Gasteiger charge is -2.29. The Balaban J connectivity index is 1.66. The Hall–Kier alpha value is -2.34. The summed E-state index contributed by atoms with van der Waals surface area (Å²) in [6, 6.07) is 7.21. The molecule has 0 fully saturated rings. The third kappa shape index (κ3) is 3.28. The van der Waals surface area contributed by atoms with E-state index >= 15 is 0 Å². The van der Waals surface area contributed by atoms with Gasteiger partial charge in [0.2, 0.25) is 0 Å². The van der Waals surface area contributed by atoms with Gasteiger partial charge in [-0.2, -0.15) is 0 Å². The number of carbonyl (C=O) groups is 2. The van der Waals surface area contributed by atoms with Gasteiger partial charge >= 0.3 is 5.97 Å². The number of hydrogen-bond donors (Lipinski definition) is 1. The van der Waals surface area contributed by atoms with Gasteiger partial charge < -0.3 is 15.4 Å². The lowest BCUT2D eigenvalue weighted by atomic mass is 10.1. The minimum atomic E-state index is -0.836. The standard InChI is InChI=1S/C18H20N2O3S/c1-11-3-4-15(19)14(9-11)18(22)23-12(2)17(21)20-7-5-16-13(10-20)6-8-24-16/h3-4,6,8-9,12H,5,7,10,19H2,1-2H3/t12-/m1/s1. The highest BCUT2D eigenvalue weighted by molar-refractivity contribution is 7.10. The van der Waals surface area contributed by atoms with Crippen LogP contribution in [-0.2, 0) is 22.5 Å². The van der Waals surface area contributed by atoms with E-state index in [-0.39, 0.29) is 5.91 Å². The molecule has 1 atom stereocenters. The Morgan fingerprint density at radius 1 is 1.33 bits per heavy atom. The zero-order valence-electron chi connectivity index (χ0n) is 13.7. The van der Waals surface area contributed by atoms with Crippen molar-refractivity contribution in [2.45, 2.75) is 32.9 Å². The average Bonchev–Trinajstić information content (AvgIpc) is 3.03. The fourth-order valence-corrected chi connectivity index (χ4v) is 3.70. The van der Waals surface area contributed by atoms with Crippen molar-refractivity contribution in [1.82, 2.24) is 4.90 Å². The molecular weight excluding hydrogens is 324 g/mol. The monoisotopic (exact) mass is 344 g/mol. The van der Waals surface area contributed by atoms with Gasteiger partial charge in [0.05, 0.1) is 5.56 Å². The molecule has 6 heteroatoms. The highest BCUT2D eigenvalue weighted by atomic mass is 32.1. The minimum absolute atomic E-state index is 0.175. The van der Waals surface area contributed by atoms with Crippen LogP contribution in [0.4, 0.5) is 5.69 Å². The summed E-state index contributed by atoms with van der Waals surface area (Å²) in [5.74, 6) is -0.739. The normalized spacial score (nSPS) is 14.8. The maximum atomic E-state index is 12.6. The minimum Gasteiger partial charge on any atom is -0.449 e. The highest BCUT2D eigenvalue weighted by Crippen LogP contribution is 2.25. The largest absolute Gasteiger partial charge is 0.449 e. The Morgan fingerprint density at radius 2 is 2.12 bits per heavy atom. The van der Waals surface area contributed by atoms with E-state index in [0.717, 1.165) is 12.0 Å². The van der Waals surface area contributed by atoms with Gasteiger partial charge in [-0.25, -0.2) is 4.79 Å². The Morgan fingerprint density at radius 3 is 2.92 bits per heavy atom. The fraction of sp³-hybridized carbons (Fsp3) is 0.333. The van der Waals surface area contributed by atoms with Crippen molar-refractivity contribution in [3.8, 4) is 0 Å². The molecular formula is C18H20N2O3S. The van der Waals surface area contributed by atoms with Crippen LogP contribution in [0.25, 0.3) is 0 Å². The molecule has 2 aromatic rings. The van der Waals surface area contributed by atoms with Crippen molar-refractivity contribution >= 4 is 28.9 Å². The van der Waals surface area contributed by atoms with Crippen molar-refractivity contribution in [2.75, 3.05) is 12.3 Å². The molecule has 126 valence electrons. The molecule has 0 saturated heterocycles. The van der Waals surface area contributed by atoms with E-state index in [0.29, 0.717) is 24.3 Å². The smallest absolute Gasteiger partial charge is 0.341 e. The number of nitrogens with two attached hydrogens (primary N) is 1. The van der Waals surface area contributed by atoms with Gasteiger partial charge in [0.25, 0.3) is 5.91 Å². The molecule has 0 spiro atoms. The van der Waals surface area contributed by atoms with Crippen molar-refractivity contribution in [1.29, 1.82) is 0 Å². The number of anilines is 1. The van der Waals surface area contributed by atoms with Crippen molar-refractivity contribution < 1.29 is 14.3 Å². The highest BCUT2D eigenvalue weighted by Gasteiger charge is 2.28. The molecule has 1 amide bonds. The molecule has 0 bridgehead atoms. The van der Waals surface area contributed by atoms with Crippen LogP contribution in [0.15, 0.2) is 29.6 Å². The van der Waals surface area contributed by atoms with Crippen molar-refractivity contribution in [3.63, 3.8) is 0 Å². The van der Waals surface area contributed by atoms with Gasteiger partial charge in [0.1, 0.15) is 0 Å². The van der Waals surface area contributed by atoms with Gasteiger partial charge in [-0.05, 0) is 49.4 Å². The zero-order chi connectivity index (χ0) is 17.3. The second-order valence-corrected chi connectivity index (χ2v) is 7.02. The van der Waals surface area contributed by atoms with Crippen LogP contribution in [0.5, 0.6) is 0 Å². The topological polar surface area (TPSA) is 72.6 Å². The second kappa shape index (κ2) is 6.65. The first-order chi connectivity index (χ1) is 11.5. The van der Waals surface area contributed by atoms with Crippen LogP contribution in [0.2, 0.25) is 0 Å².